The number of para-hydroxylation sites is 2. The van der Waals surface area contributed by atoms with E-state index in [0.29, 0.717) is 0 Å². The second kappa shape index (κ2) is 8.33. The van der Waals surface area contributed by atoms with Crippen molar-refractivity contribution in [3.05, 3.63) is 114 Å². The summed E-state index contributed by atoms with van der Waals surface area (Å²) in [7, 11) is 0. The molecule has 0 amide bonds. The SMILES string of the molecule is C(=Nc1ccccc1)C1=C(c2ccccc2)/C(=C\Nc2ccccc2)CC1. The molecular formula is C25H22N2. The van der Waals surface area contributed by atoms with E-state index in [0.717, 1.165) is 24.2 Å². The standard InChI is InChI=1S/C25H22N2/c1-4-10-20(11-5-1)25-21(18-26-23-12-6-2-7-13-23)16-17-22(25)19-27-24-14-8-3-9-15-24/h1-15,18-19,26H,16-17H2/b21-18-,27-19?. The van der Waals surface area contributed by atoms with E-state index in [1.165, 1.54) is 22.3 Å². The van der Waals surface area contributed by atoms with Gasteiger partial charge in [-0.05, 0) is 59.4 Å². The van der Waals surface area contributed by atoms with Crippen LogP contribution in [0.5, 0.6) is 0 Å². The minimum atomic E-state index is 0.984. The lowest BCUT2D eigenvalue weighted by molar-refractivity contribution is 1.04. The van der Waals surface area contributed by atoms with Crippen molar-refractivity contribution in [1.82, 2.24) is 0 Å². The maximum Gasteiger partial charge on any atom is 0.0629 e. The van der Waals surface area contributed by atoms with Crippen LogP contribution in [0.1, 0.15) is 18.4 Å². The van der Waals surface area contributed by atoms with Gasteiger partial charge in [-0.2, -0.15) is 0 Å². The van der Waals surface area contributed by atoms with E-state index in [2.05, 4.69) is 59.0 Å². The lowest BCUT2D eigenvalue weighted by atomic mass is 9.99. The molecule has 0 fully saturated rings. The predicted molar refractivity (Wildman–Crippen MR) is 115 cm³/mol. The van der Waals surface area contributed by atoms with Crippen molar-refractivity contribution in [2.45, 2.75) is 12.8 Å². The molecule has 3 aromatic carbocycles. The summed E-state index contributed by atoms with van der Waals surface area (Å²) in [5.74, 6) is 0. The Morgan fingerprint density at radius 1 is 0.704 bits per heavy atom. The van der Waals surface area contributed by atoms with E-state index in [1.807, 2.05) is 54.7 Å². The molecule has 0 radical (unpaired) electrons. The van der Waals surface area contributed by atoms with Gasteiger partial charge < -0.3 is 5.32 Å². The van der Waals surface area contributed by atoms with Gasteiger partial charge >= 0.3 is 0 Å². The van der Waals surface area contributed by atoms with Gasteiger partial charge in [0, 0.05) is 18.1 Å². The number of allylic oxidation sites excluding steroid dienone is 3. The highest BCUT2D eigenvalue weighted by Gasteiger charge is 2.20. The number of aliphatic imine (C=N–C) groups is 1. The zero-order valence-corrected chi connectivity index (χ0v) is 15.2. The van der Waals surface area contributed by atoms with E-state index in [-0.39, 0.29) is 0 Å². The summed E-state index contributed by atoms with van der Waals surface area (Å²) in [6.07, 6.45) is 6.19. The van der Waals surface area contributed by atoms with E-state index in [9.17, 15) is 0 Å². The van der Waals surface area contributed by atoms with Gasteiger partial charge in [0.1, 0.15) is 0 Å². The molecule has 132 valence electrons. The van der Waals surface area contributed by atoms with Crippen LogP contribution in [0.3, 0.4) is 0 Å². The molecular weight excluding hydrogens is 328 g/mol. The van der Waals surface area contributed by atoms with Crippen LogP contribution >= 0.6 is 0 Å². The maximum absolute atomic E-state index is 4.69. The van der Waals surface area contributed by atoms with Crippen LogP contribution in [-0.2, 0) is 0 Å². The molecule has 3 aromatic rings. The molecule has 0 saturated carbocycles. The lowest BCUT2D eigenvalue weighted by Gasteiger charge is -2.09. The first-order valence-corrected chi connectivity index (χ1v) is 9.29. The first-order valence-electron chi connectivity index (χ1n) is 9.29. The Bertz CT molecular complexity index is 969. The van der Waals surface area contributed by atoms with Gasteiger partial charge in [0.2, 0.25) is 0 Å². The van der Waals surface area contributed by atoms with Crippen LogP contribution in [-0.4, -0.2) is 6.21 Å². The largest absolute Gasteiger partial charge is 0.361 e. The van der Waals surface area contributed by atoms with Gasteiger partial charge in [0.05, 0.1) is 5.69 Å². The molecule has 2 heteroatoms. The fourth-order valence-corrected chi connectivity index (χ4v) is 3.35. The molecule has 0 spiro atoms. The average Bonchev–Trinajstić information content (AvgIpc) is 3.16. The zero-order valence-electron chi connectivity index (χ0n) is 15.2. The lowest BCUT2D eigenvalue weighted by Crippen LogP contribution is -1.93. The predicted octanol–water partition coefficient (Wildman–Crippen LogP) is 6.63. The van der Waals surface area contributed by atoms with Crippen molar-refractivity contribution >= 4 is 23.2 Å². The Hall–Kier alpha value is -3.39. The molecule has 0 unspecified atom stereocenters. The molecule has 0 atom stereocenters. The third kappa shape index (κ3) is 4.24. The molecule has 0 bridgehead atoms. The normalized spacial score (nSPS) is 15.6. The highest BCUT2D eigenvalue weighted by atomic mass is 14.8. The molecule has 1 aliphatic rings. The van der Waals surface area contributed by atoms with Crippen molar-refractivity contribution in [2.24, 2.45) is 4.99 Å². The number of hydrogen-bond acceptors (Lipinski definition) is 2. The fraction of sp³-hybridized carbons (Fsp3) is 0.0800. The van der Waals surface area contributed by atoms with Gasteiger partial charge in [-0.15, -0.1) is 0 Å². The quantitative estimate of drug-likeness (QED) is 0.513. The van der Waals surface area contributed by atoms with Gasteiger partial charge in [-0.1, -0.05) is 66.7 Å². The summed E-state index contributed by atoms with van der Waals surface area (Å²) in [5, 5.41) is 3.44. The summed E-state index contributed by atoms with van der Waals surface area (Å²) < 4.78 is 0. The molecule has 0 aliphatic heterocycles. The average molecular weight is 350 g/mol. The van der Waals surface area contributed by atoms with Crippen LogP contribution in [0.15, 0.2) is 113 Å². The number of nitrogens with one attached hydrogen (secondary N) is 1. The molecule has 1 N–H and O–H groups in total. The van der Waals surface area contributed by atoms with E-state index >= 15 is 0 Å². The number of rotatable bonds is 5. The topological polar surface area (TPSA) is 24.4 Å². The van der Waals surface area contributed by atoms with Crippen LogP contribution < -0.4 is 5.32 Å². The van der Waals surface area contributed by atoms with E-state index in [1.54, 1.807) is 0 Å². The maximum atomic E-state index is 4.69. The summed E-state index contributed by atoms with van der Waals surface area (Å²) in [6.45, 7) is 0. The number of hydrogen-bond donors (Lipinski definition) is 1. The Morgan fingerprint density at radius 3 is 2.04 bits per heavy atom. The van der Waals surface area contributed by atoms with Crippen LogP contribution in [0.25, 0.3) is 5.57 Å². The van der Waals surface area contributed by atoms with Crippen molar-refractivity contribution in [2.75, 3.05) is 5.32 Å². The van der Waals surface area contributed by atoms with Gasteiger partial charge in [0.25, 0.3) is 0 Å². The summed E-state index contributed by atoms with van der Waals surface area (Å²) >= 11 is 0. The summed E-state index contributed by atoms with van der Waals surface area (Å²) in [4.78, 5) is 4.69. The second-order valence-corrected chi connectivity index (χ2v) is 6.54. The van der Waals surface area contributed by atoms with Gasteiger partial charge in [0.15, 0.2) is 0 Å². The molecule has 1 aliphatic carbocycles. The summed E-state index contributed by atoms with van der Waals surface area (Å²) in [6, 6.07) is 31.0. The minimum Gasteiger partial charge on any atom is -0.361 e. The first kappa shape index (κ1) is 17.0. The van der Waals surface area contributed by atoms with Crippen LogP contribution in [0, 0.1) is 0 Å². The Kier molecular flexibility index (Phi) is 5.26. The highest BCUT2D eigenvalue weighted by molar-refractivity contribution is 5.99. The first-order chi connectivity index (χ1) is 13.4. The fourth-order valence-electron chi connectivity index (χ4n) is 3.35. The van der Waals surface area contributed by atoms with Crippen LogP contribution in [0.4, 0.5) is 11.4 Å². The van der Waals surface area contributed by atoms with E-state index in [4.69, 9.17) is 0 Å². The molecule has 4 rings (SSSR count). The van der Waals surface area contributed by atoms with Crippen molar-refractivity contribution < 1.29 is 0 Å². The Labute approximate surface area is 160 Å². The molecule has 0 saturated heterocycles. The molecule has 0 aromatic heterocycles. The molecule has 27 heavy (non-hydrogen) atoms. The monoisotopic (exact) mass is 350 g/mol. The number of anilines is 1. The second-order valence-electron chi connectivity index (χ2n) is 6.54. The van der Waals surface area contributed by atoms with Gasteiger partial charge in [-0.25, -0.2) is 0 Å². The molecule has 0 heterocycles. The third-order valence-electron chi connectivity index (χ3n) is 4.68. The van der Waals surface area contributed by atoms with Crippen LogP contribution in [0.2, 0.25) is 0 Å². The van der Waals surface area contributed by atoms with Crippen molar-refractivity contribution in [3.8, 4) is 0 Å². The summed E-state index contributed by atoms with van der Waals surface area (Å²) in [5.41, 5.74) is 7.22. The van der Waals surface area contributed by atoms with Gasteiger partial charge in [-0.3, -0.25) is 4.99 Å². The third-order valence-corrected chi connectivity index (χ3v) is 4.68. The Morgan fingerprint density at radius 2 is 1.33 bits per heavy atom. The van der Waals surface area contributed by atoms with E-state index < -0.39 is 0 Å². The minimum absolute atomic E-state index is 0.984. The number of benzene rings is 3. The molecule has 2 nitrogen and oxygen atoms in total. The van der Waals surface area contributed by atoms with Crippen molar-refractivity contribution in [1.29, 1.82) is 0 Å². The Balaban J connectivity index is 1.68. The number of nitrogens with zero attached hydrogens (tertiary/aromatic N) is 1. The smallest absolute Gasteiger partial charge is 0.0629 e. The zero-order chi connectivity index (χ0) is 18.3. The highest BCUT2D eigenvalue weighted by Crippen LogP contribution is 2.38. The van der Waals surface area contributed by atoms with Crippen molar-refractivity contribution in [3.63, 3.8) is 0 Å².